The van der Waals surface area contributed by atoms with Gasteiger partial charge in [-0.3, -0.25) is 15.0 Å². The number of nitrogens with zero attached hydrogens (tertiary/aromatic N) is 5. The third-order valence-electron chi connectivity index (χ3n) is 8.52. The summed E-state index contributed by atoms with van der Waals surface area (Å²) < 4.78 is 39.7. The number of anilines is 3. The molecule has 3 aliphatic rings. The van der Waals surface area contributed by atoms with Crippen LogP contribution < -0.4 is 20.3 Å². The van der Waals surface area contributed by atoms with E-state index in [-0.39, 0.29) is 42.5 Å². The Morgan fingerprint density at radius 3 is 2.27 bits per heavy atom. The number of rotatable bonds is 7. The molecule has 16 heteroatoms. The number of thiophene rings is 1. The molecule has 238 valence electrons. The van der Waals surface area contributed by atoms with E-state index in [0.29, 0.717) is 16.2 Å². The van der Waals surface area contributed by atoms with Gasteiger partial charge in [-0.05, 0) is 31.0 Å². The van der Waals surface area contributed by atoms with Crippen LogP contribution in [-0.4, -0.2) is 86.9 Å². The Kier molecular flexibility index (Phi) is 9.70. The second-order valence-corrected chi connectivity index (χ2v) is 15.6. The van der Waals surface area contributed by atoms with E-state index in [2.05, 4.69) is 15.1 Å². The third-order valence-corrected chi connectivity index (χ3v) is 12.2. The van der Waals surface area contributed by atoms with Gasteiger partial charge in [-0.1, -0.05) is 53.8 Å². The molecule has 44 heavy (non-hydrogen) atoms. The molecule has 0 atom stereocenters. The van der Waals surface area contributed by atoms with Gasteiger partial charge in [-0.25, -0.2) is 14.5 Å². The van der Waals surface area contributed by atoms with Crippen molar-refractivity contribution in [3.05, 3.63) is 45.0 Å². The minimum atomic E-state index is -3.82. The average molecular weight is 703 g/mol. The second kappa shape index (κ2) is 13.4. The van der Waals surface area contributed by atoms with Crippen molar-refractivity contribution in [3.63, 3.8) is 0 Å². The summed E-state index contributed by atoms with van der Waals surface area (Å²) >= 11 is 15.6. The van der Waals surface area contributed by atoms with Crippen LogP contribution >= 0.6 is 45.9 Å². The number of piperazine rings is 2. The van der Waals surface area contributed by atoms with Gasteiger partial charge in [0.05, 0.1) is 20.6 Å². The molecule has 2 saturated heterocycles. The van der Waals surface area contributed by atoms with Crippen molar-refractivity contribution < 1.29 is 17.6 Å². The van der Waals surface area contributed by atoms with E-state index < -0.39 is 21.9 Å². The van der Waals surface area contributed by atoms with Crippen LogP contribution in [0, 0.1) is 5.82 Å². The van der Waals surface area contributed by atoms with Crippen LogP contribution in [0.1, 0.15) is 42.5 Å². The van der Waals surface area contributed by atoms with Gasteiger partial charge in [-0.2, -0.15) is 12.7 Å². The van der Waals surface area contributed by atoms with Crippen LogP contribution in [0.5, 0.6) is 0 Å². The predicted octanol–water partition coefficient (Wildman–Crippen LogP) is 5.35. The summed E-state index contributed by atoms with van der Waals surface area (Å²) in [7, 11) is -3.82. The summed E-state index contributed by atoms with van der Waals surface area (Å²) in [5.74, 6) is -1.20. The van der Waals surface area contributed by atoms with E-state index in [1.807, 2.05) is 11.4 Å². The number of nitrogens with two attached hydrogens (primary N) is 1. The normalized spacial score (nSPS) is 19.5. The van der Waals surface area contributed by atoms with Crippen LogP contribution in [0.3, 0.4) is 0 Å². The fourth-order valence-corrected chi connectivity index (χ4v) is 9.40. The maximum atomic E-state index is 15.3. The Morgan fingerprint density at radius 2 is 1.66 bits per heavy atom. The number of amides is 1. The lowest BCUT2D eigenvalue weighted by atomic mass is 9.94. The van der Waals surface area contributed by atoms with Gasteiger partial charge in [0.1, 0.15) is 16.5 Å². The highest BCUT2D eigenvalue weighted by atomic mass is 35.5. The summed E-state index contributed by atoms with van der Waals surface area (Å²) in [5, 5.41) is 12.0. The topological polar surface area (TPSA) is 115 Å². The van der Waals surface area contributed by atoms with Gasteiger partial charge >= 0.3 is 0 Å². The van der Waals surface area contributed by atoms with E-state index in [1.165, 1.54) is 60.8 Å². The fraction of sp³-hybridized carbons (Fsp3) is 0.500. The Morgan fingerprint density at radius 1 is 0.977 bits per heavy atom. The van der Waals surface area contributed by atoms with Crippen molar-refractivity contribution in [2.75, 3.05) is 67.5 Å². The van der Waals surface area contributed by atoms with E-state index in [9.17, 15) is 13.2 Å². The number of nitrogens with one attached hydrogen (secondary N) is 1. The lowest BCUT2D eigenvalue weighted by Crippen LogP contribution is -2.51. The Labute approximate surface area is 274 Å². The van der Waals surface area contributed by atoms with Gasteiger partial charge in [0.2, 0.25) is 0 Å². The molecule has 1 saturated carbocycles. The van der Waals surface area contributed by atoms with Crippen LogP contribution in [0.2, 0.25) is 10.0 Å². The molecule has 3 aromatic rings. The molecule has 6 rings (SSSR count). The first-order valence-corrected chi connectivity index (χ1v) is 18.6. The molecule has 0 spiro atoms. The van der Waals surface area contributed by atoms with Gasteiger partial charge in [0, 0.05) is 69.3 Å². The van der Waals surface area contributed by atoms with E-state index >= 15 is 4.39 Å². The van der Waals surface area contributed by atoms with Crippen molar-refractivity contribution in [1.29, 1.82) is 0 Å². The lowest BCUT2D eigenvalue weighted by molar-refractivity contribution is 0.102. The van der Waals surface area contributed by atoms with Crippen molar-refractivity contribution in [1.82, 2.24) is 14.2 Å². The maximum Gasteiger partial charge on any atom is 0.277 e. The molecular formula is C28H34Cl2FN7O3S3. The molecular weight excluding hydrogens is 668 g/mol. The van der Waals surface area contributed by atoms with Crippen LogP contribution in [0.25, 0.3) is 10.6 Å². The van der Waals surface area contributed by atoms with Gasteiger partial charge in [0.25, 0.3) is 16.1 Å². The predicted molar refractivity (Wildman–Crippen MR) is 177 cm³/mol. The number of hydrogen-bond acceptors (Lipinski definition) is 9. The standard InChI is InChI=1S/C28H34Cl2FN7O3S3/c29-19-16-23(42-17-19)24-27(37-8-6-35(7-9-37)20-4-2-1-3-5-20)43-28(33-24)34-26(39)18-14-21(30)25(22(31)15-18)36-10-12-38(13-11-36)44(32,40)41/h14-17,20H,1-13H2,(H2,32,40,41)(H,33,34,39). The van der Waals surface area contributed by atoms with Crippen LogP contribution in [0.15, 0.2) is 23.6 Å². The number of thiazole rings is 1. The summed E-state index contributed by atoms with van der Waals surface area (Å²) in [6.07, 6.45) is 6.50. The first kappa shape index (κ1) is 31.9. The zero-order valence-corrected chi connectivity index (χ0v) is 27.9. The highest BCUT2D eigenvalue weighted by Gasteiger charge is 2.30. The summed E-state index contributed by atoms with van der Waals surface area (Å²) in [6.45, 7) is 4.34. The van der Waals surface area contributed by atoms with Crippen LogP contribution in [0.4, 0.5) is 20.2 Å². The number of carbonyl (C=O) groups is 1. The Balaban J connectivity index is 1.18. The van der Waals surface area contributed by atoms with Crippen molar-refractivity contribution in [2.45, 2.75) is 38.1 Å². The minimum absolute atomic E-state index is 0.0537. The number of aromatic nitrogens is 1. The maximum absolute atomic E-state index is 15.3. The van der Waals surface area contributed by atoms with Crippen molar-refractivity contribution in [2.24, 2.45) is 5.14 Å². The second-order valence-electron chi connectivity index (χ2n) is 11.3. The molecule has 2 aliphatic heterocycles. The van der Waals surface area contributed by atoms with Gasteiger partial charge in [-0.15, -0.1) is 11.3 Å². The SMILES string of the molecule is NS(=O)(=O)N1CCN(c2c(F)cc(C(=O)Nc3nc(-c4cc(Cl)cs4)c(N4CCN(C5CCCCC5)CC4)s3)cc2Cl)CC1. The lowest BCUT2D eigenvalue weighted by Gasteiger charge is -2.41. The largest absolute Gasteiger partial charge is 0.365 e. The van der Waals surface area contributed by atoms with E-state index in [0.717, 1.165) is 52.1 Å². The monoisotopic (exact) mass is 701 g/mol. The molecule has 3 fully saturated rings. The Hall–Kier alpha value is -2.04. The first-order valence-electron chi connectivity index (χ1n) is 14.6. The molecule has 0 unspecified atom stereocenters. The summed E-state index contributed by atoms with van der Waals surface area (Å²) in [5.41, 5.74) is 0.947. The number of halogens is 3. The average Bonchev–Trinajstić information content (AvgIpc) is 3.63. The quantitative estimate of drug-likeness (QED) is 0.341. The van der Waals surface area contributed by atoms with E-state index in [4.69, 9.17) is 33.3 Å². The molecule has 3 N–H and O–H groups in total. The smallest absolute Gasteiger partial charge is 0.277 e. The molecule has 1 aromatic carbocycles. The number of hydrogen-bond donors (Lipinski definition) is 2. The molecule has 10 nitrogen and oxygen atoms in total. The zero-order valence-electron chi connectivity index (χ0n) is 24.0. The molecule has 2 aromatic heterocycles. The highest BCUT2D eigenvalue weighted by molar-refractivity contribution is 7.86. The highest BCUT2D eigenvalue weighted by Crippen LogP contribution is 2.42. The van der Waals surface area contributed by atoms with Crippen molar-refractivity contribution >= 4 is 77.8 Å². The summed E-state index contributed by atoms with van der Waals surface area (Å²) in [6, 6.07) is 5.11. The minimum Gasteiger partial charge on any atom is -0.365 e. The summed E-state index contributed by atoms with van der Waals surface area (Å²) in [4.78, 5) is 25.6. The van der Waals surface area contributed by atoms with Crippen LogP contribution in [-0.2, 0) is 10.2 Å². The molecule has 0 radical (unpaired) electrons. The zero-order chi connectivity index (χ0) is 31.0. The van der Waals surface area contributed by atoms with Gasteiger partial charge in [0.15, 0.2) is 5.13 Å². The van der Waals surface area contributed by atoms with Crippen molar-refractivity contribution in [3.8, 4) is 10.6 Å². The molecule has 1 aliphatic carbocycles. The third kappa shape index (κ3) is 7.02. The Bertz CT molecular complexity index is 1590. The molecule has 4 heterocycles. The van der Waals surface area contributed by atoms with Gasteiger partial charge < -0.3 is 9.80 Å². The first-order chi connectivity index (χ1) is 21.1. The molecule has 1 amide bonds. The fourth-order valence-electron chi connectivity index (χ4n) is 6.25. The van der Waals surface area contributed by atoms with E-state index in [1.54, 1.807) is 4.90 Å². The number of carbonyl (C=O) groups excluding carboxylic acids is 1. The molecule has 0 bridgehead atoms. The number of benzene rings is 1.